The second-order valence-electron chi connectivity index (χ2n) is 6.20. The van der Waals surface area contributed by atoms with Crippen LogP contribution in [0.2, 0.25) is 10.0 Å². The van der Waals surface area contributed by atoms with Crippen LogP contribution in [0.1, 0.15) is 25.7 Å². The minimum atomic E-state index is 0.458. The summed E-state index contributed by atoms with van der Waals surface area (Å²) >= 11 is 12.5. The first-order valence-electron chi connectivity index (χ1n) is 8.20. The Labute approximate surface area is 151 Å². The maximum Gasteiger partial charge on any atom is 0.156 e. The van der Waals surface area contributed by atoms with E-state index in [0.717, 1.165) is 27.8 Å². The molecule has 4 rings (SSSR count). The van der Waals surface area contributed by atoms with Gasteiger partial charge in [-0.3, -0.25) is 0 Å². The fraction of sp³-hybridized carbons (Fsp3) is 0.263. The summed E-state index contributed by atoms with van der Waals surface area (Å²) < 4.78 is 0. The normalized spacial score (nSPS) is 15.1. The quantitative estimate of drug-likeness (QED) is 0.628. The van der Waals surface area contributed by atoms with Crippen LogP contribution in [0.3, 0.4) is 0 Å². The molecule has 2 aromatic carbocycles. The molecular formula is C19H17Cl2N3. The van der Waals surface area contributed by atoms with Crippen molar-refractivity contribution in [2.75, 3.05) is 5.32 Å². The van der Waals surface area contributed by atoms with E-state index in [4.69, 9.17) is 23.2 Å². The van der Waals surface area contributed by atoms with E-state index in [-0.39, 0.29) is 0 Å². The Bertz CT molecular complexity index is 875. The van der Waals surface area contributed by atoms with Crippen LogP contribution in [0, 0.1) is 0 Å². The highest BCUT2D eigenvalue weighted by Gasteiger charge is 2.19. The second-order valence-corrected chi connectivity index (χ2v) is 7.02. The number of nitrogens with one attached hydrogen (secondary N) is 1. The van der Waals surface area contributed by atoms with E-state index in [1.165, 1.54) is 25.7 Å². The zero-order valence-electron chi connectivity index (χ0n) is 13.1. The van der Waals surface area contributed by atoms with Crippen LogP contribution in [0.15, 0.2) is 42.5 Å². The van der Waals surface area contributed by atoms with Gasteiger partial charge in [0, 0.05) is 22.4 Å². The molecule has 1 aromatic heterocycles. The lowest BCUT2D eigenvalue weighted by Crippen LogP contribution is -2.16. The van der Waals surface area contributed by atoms with Crippen molar-refractivity contribution in [1.82, 2.24) is 10.2 Å². The molecule has 122 valence electrons. The van der Waals surface area contributed by atoms with Gasteiger partial charge in [-0.05, 0) is 25.0 Å². The van der Waals surface area contributed by atoms with Crippen molar-refractivity contribution in [2.24, 2.45) is 0 Å². The highest BCUT2D eigenvalue weighted by atomic mass is 35.5. The van der Waals surface area contributed by atoms with Gasteiger partial charge in [0.1, 0.15) is 5.69 Å². The number of anilines is 1. The summed E-state index contributed by atoms with van der Waals surface area (Å²) in [6.45, 7) is 0. The Morgan fingerprint density at radius 1 is 0.875 bits per heavy atom. The van der Waals surface area contributed by atoms with Crippen LogP contribution in [0.4, 0.5) is 5.82 Å². The van der Waals surface area contributed by atoms with Crippen LogP contribution < -0.4 is 5.32 Å². The molecule has 24 heavy (non-hydrogen) atoms. The Balaban J connectivity index is 1.88. The van der Waals surface area contributed by atoms with E-state index in [1.54, 1.807) is 0 Å². The molecule has 0 bridgehead atoms. The summed E-state index contributed by atoms with van der Waals surface area (Å²) in [6.07, 6.45) is 4.87. The molecule has 0 aliphatic heterocycles. The maximum atomic E-state index is 6.27. The third-order valence-electron chi connectivity index (χ3n) is 4.56. The Morgan fingerprint density at radius 3 is 2.25 bits per heavy atom. The average Bonchev–Trinajstić information content (AvgIpc) is 3.10. The van der Waals surface area contributed by atoms with Crippen molar-refractivity contribution >= 4 is 39.8 Å². The zero-order chi connectivity index (χ0) is 16.5. The predicted molar refractivity (Wildman–Crippen MR) is 101 cm³/mol. The first-order chi connectivity index (χ1) is 11.7. The lowest BCUT2D eigenvalue weighted by molar-refractivity contribution is 0.748. The fourth-order valence-electron chi connectivity index (χ4n) is 3.33. The summed E-state index contributed by atoms with van der Waals surface area (Å²) in [7, 11) is 0. The summed E-state index contributed by atoms with van der Waals surface area (Å²) in [5.74, 6) is 0.787. The van der Waals surface area contributed by atoms with Gasteiger partial charge in [-0.2, -0.15) is 0 Å². The number of nitrogens with zero attached hydrogens (tertiary/aromatic N) is 2. The molecule has 3 nitrogen and oxygen atoms in total. The number of benzene rings is 2. The third-order valence-corrected chi connectivity index (χ3v) is 5.29. The molecule has 0 saturated heterocycles. The Kier molecular flexibility index (Phi) is 4.30. The van der Waals surface area contributed by atoms with Crippen molar-refractivity contribution in [1.29, 1.82) is 0 Å². The minimum absolute atomic E-state index is 0.458. The molecule has 5 heteroatoms. The summed E-state index contributed by atoms with van der Waals surface area (Å²) in [5.41, 5.74) is 1.84. The van der Waals surface area contributed by atoms with Crippen LogP contribution in [0.5, 0.6) is 0 Å². The lowest BCUT2D eigenvalue weighted by atomic mass is 10.0. The number of hydrogen-bond acceptors (Lipinski definition) is 3. The van der Waals surface area contributed by atoms with Gasteiger partial charge in [-0.15, -0.1) is 10.2 Å². The molecule has 1 aliphatic rings. The van der Waals surface area contributed by atoms with Gasteiger partial charge in [0.25, 0.3) is 0 Å². The van der Waals surface area contributed by atoms with E-state index in [0.29, 0.717) is 16.1 Å². The SMILES string of the molecule is Clc1cc2c(NC3CCCC3)nnc(-c3ccccc3)c2cc1Cl. The molecule has 0 atom stereocenters. The summed E-state index contributed by atoms with van der Waals surface area (Å²) in [6, 6.07) is 14.2. The van der Waals surface area contributed by atoms with Crippen LogP contribution in [0.25, 0.3) is 22.0 Å². The van der Waals surface area contributed by atoms with Crippen LogP contribution in [-0.2, 0) is 0 Å². The number of rotatable bonds is 3. The molecule has 3 aromatic rings. The molecule has 0 unspecified atom stereocenters. The Morgan fingerprint density at radius 2 is 1.54 bits per heavy atom. The maximum absolute atomic E-state index is 6.27. The van der Waals surface area contributed by atoms with E-state index in [1.807, 2.05) is 42.5 Å². The first kappa shape index (κ1) is 15.7. The highest BCUT2D eigenvalue weighted by Crippen LogP contribution is 2.36. The lowest BCUT2D eigenvalue weighted by Gasteiger charge is -2.16. The van der Waals surface area contributed by atoms with Crippen molar-refractivity contribution < 1.29 is 0 Å². The molecule has 0 spiro atoms. The van der Waals surface area contributed by atoms with Crippen molar-refractivity contribution in [3.63, 3.8) is 0 Å². The van der Waals surface area contributed by atoms with Gasteiger partial charge < -0.3 is 5.32 Å². The van der Waals surface area contributed by atoms with Crippen molar-refractivity contribution in [3.05, 3.63) is 52.5 Å². The second kappa shape index (κ2) is 6.58. The Hall–Kier alpha value is -1.84. The van der Waals surface area contributed by atoms with Gasteiger partial charge in [-0.1, -0.05) is 66.4 Å². The van der Waals surface area contributed by atoms with E-state index in [9.17, 15) is 0 Å². The molecule has 1 heterocycles. The molecule has 0 radical (unpaired) electrons. The predicted octanol–water partition coefficient (Wildman–Crippen LogP) is 5.96. The smallest absolute Gasteiger partial charge is 0.156 e. The molecule has 1 N–H and O–H groups in total. The summed E-state index contributed by atoms with van der Waals surface area (Å²) in [4.78, 5) is 0. The number of halogens is 2. The monoisotopic (exact) mass is 357 g/mol. The average molecular weight is 358 g/mol. The topological polar surface area (TPSA) is 37.8 Å². The number of fused-ring (bicyclic) bond motifs is 1. The van der Waals surface area contributed by atoms with E-state index in [2.05, 4.69) is 15.5 Å². The number of hydrogen-bond donors (Lipinski definition) is 1. The largest absolute Gasteiger partial charge is 0.365 e. The van der Waals surface area contributed by atoms with Crippen LogP contribution >= 0.6 is 23.2 Å². The van der Waals surface area contributed by atoms with Crippen molar-refractivity contribution in [3.8, 4) is 11.3 Å². The molecule has 1 fully saturated rings. The minimum Gasteiger partial charge on any atom is -0.365 e. The van der Waals surface area contributed by atoms with Crippen LogP contribution in [-0.4, -0.2) is 16.2 Å². The highest BCUT2D eigenvalue weighted by molar-refractivity contribution is 6.43. The van der Waals surface area contributed by atoms with Crippen molar-refractivity contribution in [2.45, 2.75) is 31.7 Å². The van der Waals surface area contributed by atoms with E-state index >= 15 is 0 Å². The molecule has 1 saturated carbocycles. The van der Waals surface area contributed by atoms with Gasteiger partial charge in [0.05, 0.1) is 10.0 Å². The van der Waals surface area contributed by atoms with Gasteiger partial charge >= 0.3 is 0 Å². The van der Waals surface area contributed by atoms with E-state index < -0.39 is 0 Å². The standard InChI is InChI=1S/C19H17Cl2N3/c20-16-10-14-15(11-17(16)21)19(22-13-8-4-5-9-13)24-23-18(14)12-6-2-1-3-7-12/h1-3,6-7,10-11,13H,4-5,8-9H2,(H,22,24). The third kappa shape index (κ3) is 2.94. The fourth-order valence-corrected chi connectivity index (χ4v) is 3.65. The molecule has 0 amide bonds. The first-order valence-corrected chi connectivity index (χ1v) is 8.95. The van der Waals surface area contributed by atoms with Gasteiger partial charge in [0.15, 0.2) is 5.82 Å². The summed E-state index contributed by atoms with van der Waals surface area (Å²) in [5, 5.41) is 15.5. The molecular weight excluding hydrogens is 341 g/mol. The molecule has 1 aliphatic carbocycles. The zero-order valence-corrected chi connectivity index (χ0v) is 14.6. The van der Waals surface area contributed by atoms with Gasteiger partial charge in [-0.25, -0.2) is 0 Å². The van der Waals surface area contributed by atoms with Gasteiger partial charge in [0.2, 0.25) is 0 Å². The number of aromatic nitrogens is 2.